The Kier molecular flexibility index (Phi) is 2.26. The summed E-state index contributed by atoms with van der Waals surface area (Å²) in [7, 11) is 0. The van der Waals surface area contributed by atoms with E-state index in [9.17, 15) is 0 Å². The Bertz CT molecular complexity index is 365. The van der Waals surface area contributed by atoms with Crippen molar-refractivity contribution in [2.45, 2.75) is 13.1 Å². The lowest BCUT2D eigenvalue weighted by molar-refractivity contribution is 0.322. The fourth-order valence-corrected chi connectivity index (χ4v) is 1.94. The minimum atomic E-state index is 0.699. The maximum absolute atomic E-state index is 6.06. The van der Waals surface area contributed by atoms with Crippen LogP contribution in [0.4, 0.5) is 0 Å². The van der Waals surface area contributed by atoms with E-state index in [0.717, 1.165) is 18.1 Å². The molecule has 2 rings (SSSR count). The molecule has 0 spiro atoms. The van der Waals surface area contributed by atoms with E-state index in [1.54, 1.807) is 0 Å². The zero-order chi connectivity index (χ0) is 9.26. The van der Waals surface area contributed by atoms with Gasteiger partial charge in [-0.05, 0) is 17.2 Å². The lowest BCUT2D eigenvalue weighted by Crippen LogP contribution is -2.15. The van der Waals surface area contributed by atoms with Gasteiger partial charge in [-0.25, -0.2) is 0 Å². The molecule has 0 unspecified atom stereocenters. The summed E-state index contributed by atoms with van der Waals surface area (Å²) in [6, 6.07) is 6.03. The summed E-state index contributed by atoms with van der Waals surface area (Å²) < 4.78 is 0. The van der Waals surface area contributed by atoms with Crippen LogP contribution in [0.2, 0.25) is 5.02 Å². The predicted octanol–water partition coefficient (Wildman–Crippen LogP) is 2.29. The predicted molar refractivity (Wildman–Crippen MR) is 54.4 cm³/mol. The molecule has 1 aromatic carbocycles. The van der Waals surface area contributed by atoms with E-state index in [1.807, 2.05) is 12.1 Å². The molecule has 0 bridgehead atoms. The van der Waals surface area contributed by atoms with Crippen LogP contribution in [0, 0.1) is 12.3 Å². The average Bonchev–Trinajstić information content (AvgIpc) is 2.49. The molecule has 0 saturated carbocycles. The summed E-state index contributed by atoms with van der Waals surface area (Å²) in [5.74, 6) is 2.65. The minimum Gasteiger partial charge on any atom is -0.284 e. The van der Waals surface area contributed by atoms with Gasteiger partial charge in [-0.3, -0.25) is 4.90 Å². The number of fused-ring (bicyclic) bond motifs is 1. The summed E-state index contributed by atoms with van der Waals surface area (Å²) >= 11 is 6.06. The van der Waals surface area contributed by atoms with Gasteiger partial charge in [0.05, 0.1) is 6.54 Å². The number of halogens is 1. The lowest BCUT2D eigenvalue weighted by Gasteiger charge is -2.08. The molecule has 1 aliphatic rings. The largest absolute Gasteiger partial charge is 0.284 e. The van der Waals surface area contributed by atoms with E-state index in [0.29, 0.717) is 6.54 Å². The van der Waals surface area contributed by atoms with Crippen molar-refractivity contribution in [3.63, 3.8) is 0 Å². The maximum Gasteiger partial charge on any atom is 0.0605 e. The monoisotopic (exact) mass is 191 g/mol. The van der Waals surface area contributed by atoms with E-state index in [-0.39, 0.29) is 0 Å². The molecule has 0 aliphatic carbocycles. The molecule has 0 N–H and O–H groups in total. The van der Waals surface area contributed by atoms with Crippen molar-refractivity contribution < 1.29 is 0 Å². The average molecular weight is 192 g/mol. The standard InChI is InChI=1S/C11H10ClN/c1-2-6-13-7-9-4-3-5-11(12)10(9)8-13/h1,3-5H,6-8H2. The first kappa shape index (κ1) is 8.62. The van der Waals surface area contributed by atoms with Crippen molar-refractivity contribution in [3.8, 4) is 12.3 Å². The number of hydrogen-bond donors (Lipinski definition) is 0. The van der Waals surface area contributed by atoms with Crippen LogP contribution in [0.1, 0.15) is 11.1 Å². The van der Waals surface area contributed by atoms with Gasteiger partial charge in [0.1, 0.15) is 0 Å². The molecule has 2 heteroatoms. The molecule has 0 amide bonds. The van der Waals surface area contributed by atoms with Crippen LogP contribution in [-0.2, 0) is 13.1 Å². The van der Waals surface area contributed by atoms with Crippen molar-refractivity contribution in [2.75, 3.05) is 6.54 Å². The van der Waals surface area contributed by atoms with Crippen molar-refractivity contribution in [1.82, 2.24) is 4.90 Å². The zero-order valence-corrected chi connectivity index (χ0v) is 8.01. The first-order chi connectivity index (χ1) is 6.31. The summed E-state index contributed by atoms with van der Waals surface area (Å²) in [5, 5.41) is 0.858. The number of terminal acetylenes is 1. The SMILES string of the molecule is C#CCN1Cc2cccc(Cl)c2C1. The molecule has 0 atom stereocenters. The van der Waals surface area contributed by atoms with Crippen molar-refractivity contribution >= 4 is 11.6 Å². The molecular weight excluding hydrogens is 182 g/mol. The second-order valence-corrected chi connectivity index (χ2v) is 3.63. The van der Waals surface area contributed by atoms with Crippen LogP contribution in [0.3, 0.4) is 0 Å². The van der Waals surface area contributed by atoms with Crippen molar-refractivity contribution in [1.29, 1.82) is 0 Å². The minimum absolute atomic E-state index is 0.699. The third-order valence-corrected chi connectivity index (χ3v) is 2.66. The van der Waals surface area contributed by atoms with E-state index in [4.69, 9.17) is 18.0 Å². The summed E-state index contributed by atoms with van der Waals surface area (Å²) in [6.07, 6.45) is 5.26. The highest BCUT2D eigenvalue weighted by atomic mass is 35.5. The maximum atomic E-state index is 6.06. The van der Waals surface area contributed by atoms with E-state index in [1.165, 1.54) is 11.1 Å². The van der Waals surface area contributed by atoms with Gasteiger partial charge in [0.15, 0.2) is 0 Å². The Labute approximate surface area is 83.3 Å². The van der Waals surface area contributed by atoms with E-state index in [2.05, 4.69) is 16.9 Å². The molecule has 1 nitrogen and oxygen atoms in total. The molecule has 0 fully saturated rings. The molecule has 1 aliphatic heterocycles. The third-order valence-electron chi connectivity index (χ3n) is 2.31. The van der Waals surface area contributed by atoms with Crippen LogP contribution in [0.5, 0.6) is 0 Å². The molecule has 0 aromatic heterocycles. The highest BCUT2D eigenvalue weighted by molar-refractivity contribution is 6.31. The number of rotatable bonds is 1. The van der Waals surface area contributed by atoms with Crippen LogP contribution >= 0.6 is 11.6 Å². The summed E-state index contributed by atoms with van der Waals surface area (Å²) in [6.45, 7) is 2.52. The molecule has 66 valence electrons. The molecule has 0 radical (unpaired) electrons. The Morgan fingerprint density at radius 1 is 1.46 bits per heavy atom. The third kappa shape index (κ3) is 1.56. The van der Waals surface area contributed by atoms with Crippen molar-refractivity contribution in [2.24, 2.45) is 0 Å². The van der Waals surface area contributed by atoms with E-state index >= 15 is 0 Å². The second kappa shape index (κ2) is 3.41. The fraction of sp³-hybridized carbons (Fsp3) is 0.273. The van der Waals surface area contributed by atoms with Gasteiger partial charge in [0.25, 0.3) is 0 Å². The number of hydrogen-bond acceptors (Lipinski definition) is 1. The van der Waals surface area contributed by atoms with Crippen LogP contribution in [-0.4, -0.2) is 11.4 Å². The highest BCUT2D eigenvalue weighted by Gasteiger charge is 2.19. The highest BCUT2D eigenvalue weighted by Crippen LogP contribution is 2.28. The van der Waals surface area contributed by atoms with Gasteiger partial charge in [0, 0.05) is 18.1 Å². The fourth-order valence-electron chi connectivity index (χ4n) is 1.69. The molecule has 1 aromatic rings. The smallest absolute Gasteiger partial charge is 0.0605 e. The lowest BCUT2D eigenvalue weighted by atomic mass is 10.1. The number of nitrogens with zero attached hydrogens (tertiary/aromatic N) is 1. The van der Waals surface area contributed by atoms with Gasteiger partial charge in [-0.2, -0.15) is 0 Å². The van der Waals surface area contributed by atoms with Crippen molar-refractivity contribution in [3.05, 3.63) is 34.3 Å². The molecule has 1 heterocycles. The number of benzene rings is 1. The van der Waals surface area contributed by atoms with Gasteiger partial charge in [-0.15, -0.1) is 6.42 Å². The topological polar surface area (TPSA) is 3.24 Å². The normalized spacial score (nSPS) is 15.4. The van der Waals surface area contributed by atoms with Gasteiger partial charge < -0.3 is 0 Å². The first-order valence-corrected chi connectivity index (χ1v) is 4.61. The molecule has 0 saturated heterocycles. The first-order valence-electron chi connectivity index (χ1n) is 4.23. The van der Waals surface area contributed by atoms with Crippen LogP contribution in [0.25, 0.3) is 0 Å². The van der Waals surface area contributed by atoms with Gasteiger partial charge >= 0.3 is 0 Å². The zero-order valence-electron chi connectivity index (χ0n) is 7.26. The Morgan fingerprint density at radius 3 is 3.00 bits per heavy atom. The summed E-state index contributed by atoms with van der Waals surface area (Å²) in [4.78, 5) is 2.20. The second-order valence-electron chi connectivity index (χ2n) is 3.23. The molecule has 13 heavy (non-hydrogen) atoms. The van der Waals surface area contributed by atoms with Gasteiger partial charge in [0.2, 0.25) is 0 Å². The quantitative estimate of drug-likeness (QED) is 0.616. The van der Waals surface area contributed by atoms with E-state index < -0.39 is 0 Å². The van der Waals surface area contributed by atoms with Gasteiger partial charge in [-0.1, -0.05) is 29.7 Å². The Morgan fingerprint density at radius 2 is 2.31 bits per heavy atom. The Hall–Kier alpha value is -0.970. The Balaban J connectivity index is 2.26. The molecular formula is C11H10ClN. The summed E-state index contributed by atoms with van der Waals surface area (Å²) in [5.41, 5.74) is 2.54. The van der Waals surface area contributed by atoms with Crippen LogP contribution in [0.15, 0.2) is 18.2 Å². The van der Waals surface area contributed by atoms with Crippen LogP contribution < -0.4 is 0 Å².